The van der Waals surface area contributed by atoms with E-state index in [1.807, 2.05) is 4.90 Å². The Morgan fingerprint density at radius 3 is 2.42 bits per heavy atom. The zero-order valence-corrected chi connectivity index (χ0v) is 23.5. The molecule has 2 amide bonds. The summed E-state index contributed by atoms with van der Waals surface area (Å²) in [6.45, 7) is 2.80. The summed E-state index contributed by atoms with van der Waals surface area (Å²) in [7, 11) is 4.48. The highest BCUT2D eigenvalue weighted by molar-refractivity contribution is 7.17. The van der Waals surface area contributed by atoms with Crippen LogP contribution in [-0.4, -0.2) is 98.9 Å². The molecule has 13 nitrogen and oxygen atoms in total. The van der Waals surface area contributed by atoms with Crippen LogP contribution in [0.5, 0.6) is 5.06 Å². The molecular weight excluding hydrogens is 565 g/mol. The van der Waals surface area contributed by atoms with Gasteiger partial charge in [0.25, 0.3) is 11.8 Å². The Balaban J connectivity index is 1.75. The van der Waals surface area contributed by atoms with Crippen molar-refractivity contribution < 1.29 is 38.4 Å². The van der Waals surface area contributed by atoms with E-state index in [1.54, 1.807) is 6.92 Å². The second kappa shape index (κ2) is 13.4. The van der Waals surface area contributed by atoms with Gasteiger partial charge in [0, 0.05) is 40.1 Å². The van der Waals surface area contributed by atoms with E-state index in [1.165, 1.54) is 21.3 Å². The van der Waals surface area contributed by atoms with Gasteiger partial charge in [-0.05, 0) is 13.3 Å². The molecule has 0 aromatic carbocycles. The van der Waals surface area contributed by atoms with Crippen LogP contribution in [0.3, 0.4) is 0 Å². The highest BCUT2D eigenvalue weighted by Gasteiger charge is 2.34. The van der Waals surface area contributed by atoms with Gasteiger partial charge in [0.15, 0.2) is 10.8 Å². The molecule has 3 rings (SSSR count). The van der Waals surface area contributed by atoms with E-state index in [0.717, 1.165) is 11.3 Å². The summed E-state index contributed by atoms with van der Waals surface area (Å²) in [4.78, 5) is 46.1. The molecule has 0 saturated carbocycles. The van der Waals surface area contributed by atoms with Gasteiger partial charge in [-0.1, -0.05) is 34.5 Å². The van der Waals surface area contributed by atoms with E-state index >= 15 is 0 Å². The number of carbonyl (C=O) groups excluding carboxylic acids is 2. The number of nitrogens with zero attached hydrogens (tertiary/aromatic N) is 2. The van der Waals surface area contributed by atoms with Crippen molar-refractivity contribution in [3.05, 3.63) is 27.1 Å². The number of halogens is 2. The first-order chi connectivity index (χ1) is 18.1. The summed E-state index contributed by atoms with van der Waals surface area (Å²) in [5.74, 6) is -1.05. The van der Waals surface area contributed by atoms with Crippen molar-refractivity contribution in [2.24, 2.45) is 0 Å². The topological polar surface area (TPSA) is 164 Å². The van der Waals surface area contributed by atoms with Gasteiger partial charge in [-0.2, -0.15) is 0 Å². The molecule has 2 aromatic rings. The number of rotatable bonds is 11. The smallest absolute Gasteiger partial charge is 0.449 e. The van der Waals surface area contributed by atoms with Crippen LogP contribution >= 0.6 is 34.5 Å². The number of anilines is 1. The van der Waals surface area contributed by atoms with Gasteiger partial charge in [0.2, 0.25) is 5.06 Å². The quantitative estimate of drug-likeness (QED) is 0.284. The van der Waals surface area contributed by atoms with Crippen LogP contribution in [0.1, 0.15) is 33.1 Å². The Morgan fingerprint density at radius 2 is 1.87 bits per heavy atom. The lowest BCUT2D eigenvalue weighted by Gasteiger charge is -2.37. The Bertz CT molecular complexity index is 1150. The lowest BCUT2D eigenvalue weighted by molar-refractivity contribution is 0.0540. The molecule has 0 aliphatic carbocycles. The molecule has 1 fully saturated rings. The van der Waals surface area contributed by atoms with E-state index < -0.39 is 30.1 Å². The summed E-state index contributed by atoms with van der Waals surface area (Å²) in [5.41, 5.74) is 0.569. The summed E-state index contributed by atoms with van der Waals surface area (Å²) >= 11 is 13.2. The first kappa shape index (κ1) is 29.9. The number of thiazole rings is 1. The van der Waals surface area contributed by atoms with Crippen molar-refractivity contribution in [2.75, 3.05) is 52.5 Å². The first-order valence-electron chi connectivity index (χ1n) is 11.4. The lowest BCUT2D eigenvalue weighted by Crippen LogP contribution is -2.55. The number of hydrogen-bond acceptors (Lipinski definition) is 10. The molecule has 3 heterocycles. The highest BCUT2D eigenvalue weighted by atomic mass is 35.5. The molecule has 1 aliphatic heterocycles. The maximum atomic E-state index is 12.9. The zero-order chi connectivity index (χ0) is 28.0. The van der Waals surface area contributed by atoms with Crippen molar-refractivity contribution in [3.8, 4) is 5.06 Å². The lowest BCUT2D eigenvalue weighted by atomic mass is 10.0. The standard InChI is InChI=1S/C22H29Cl2N5O8S/c1-10-14(23)15(24)16(25-10)18(30)27-12-5-6-29(7-13(12)36-4)21-28-17(20(38-21)37-22(32)33)19(31)26-11(8-34-2)9-35-3/h11-13,25H,5-9H2,1-4H3,(H,26,31)(H,27,30)(H,32,33)/t12-,13+/m1/s1. The van der Waals surface area contributed by atoms with Crippen LogP contribution in [-0.2, 0) is 14.2 Å². The summed E-state index contributed by atoms with van der Waals surface area (Å²) in [6, 6.07) is -0.840. The van der Waals surface area contributed by atoms with Gasteiger partial charge in [-0.3, -0.25) is 9.59 Å². The largest absolute Gasteiger partial charge is 0.512 e. The minimum atomic E-state index is -1.57. The number of nitrogens with one attached hydrogen (secondary N) is 3. The maximum absolute atomic E-state index is 12.9. The summed E-state index contributed by atoms with van der Waals surface area (Å²) in [5, 5.41) is 15.4. The molecule has 210 valence electrons. The fourth-order valence-corrected chi connectivity index (χ4v) is 5.34. The fourth-order valence-electron chi connectivity index (χ4n) is 3.97. The molecule has 0 spiro atoms. The highest BCUT2D eigenvalue weighted by Crippen LogP contribution is 2.35. The van der Waals surface area contributed by atoms with E-state index in [4.69, 9.17) is 47.3 Å². The number of hydrogen-bond donors (Lipinski definition) is 4. The molecular formula is C22H29Cl2N5O8S. The number of aryl methyl sites for hydroxylation is 1. The Hall–Kier alpha value is -2.62. The van der Waals surface area contributed by atoms with Crippen LogP contribution < -0.4 is 20.3 Å². The fraction of sp³-hybridized carbons (Fsp3) is 0.545. The number of H-pyrrole nitrogens is 1. The van der Waals surface area contributed by atoms with Gasteiger partial charge >= 0.3 is 6.16 Å². The molecule has 2 aromatic heterocycles. The number of amides is 2. The molecule has 0 bridgehead atoms. The normalized spacial score (nSPS) is 17.5. The van der Waals surface area contributed by atoms with Crippen LogP contribution in [0.4, 0.5) is 9.93 Å². The van der Waals surface area contributed by atoms with Crippen molar-refractivity contribution in [1.82, 2.24) is 20.6 Å². The predicted molar refractivity (Wildman–Crippen MR) is 140 cm³/mol. The Morgan fingerprint density at radius 1 is 1.18 bits per heavy atom. The number of carbonyl (C=O) groups is 3. The van der Waals surface area contributed by atoms with Crippen LogP contribution in [0, 0.1) is 6.92 Å². The molecule has 0 unspecified atom stereocenters. The number of ether oxygens (including phenoxy) is 4. The first-order valence-corrected chi connectivity index (χ1v) is 13.0. The number of aromatic nitrogens is 2. The van der Waals surface area contributed by atoms with Crippen molar-refractivity contribution >= 4 is 57.6 Å². The summed E-state index contributed by atoms with van der Waals surface area (Å²) in [6.07, 6.45) is -1.56. The maximum Gasteiger partial charge on any atom is 0.512 e. The molecule has 16 heteroatoms. The average molecular weight is 594 g/mol. The Labute approximate surface area is 232 Å². The van der Waals surface area contributed by atoms with Crippen molar-refractivity contribution in [1.29, 1.82) is 0 Å². The molecule has 4 N–H and O–H groups in total. The van der Waals surface area contributed by atoms with Gasteiger partial charge in [-0.25, -0.2) is 9.78 Å². The second-order valence-corrected chi connectivity index (χ2v) is 10.1. The van der Waals surface area contributed by atoms with E-state index in [-0.39, 0.29) is 45.8 Å². The monoisotopic (exact) mass is 593 g/mol. The van der Waals surface area contributed by atoms with E-state index in [9.17, 15) is 14.4 Å². The minimum Gasteiger partial charge on any atom is -0.449 e. The number of aromatic amines is 1. The molecule has 38 heavy (non-hydrogen) atoms. The van der Waals surface area contributed by atoms with Crippen molar-refractivity contribution in [3.63, 3.8) is 0 Å². The van der Waals surface area contributed by atoms with Crippen LogP contribution in [0.2, 0.25) is 10.0 Å². The third-order valence-electron chi connectivity index (χ3n) is 5.78. The summed E-state index contributed by atoms with van der Waals surface area (Å²) < 4.78 is 20.6. The minimum absolute atomic E-state index is 0.144. The van der Waals surface area contributed by atoms with Gasteiger partial charge in [0.1, 0.15) is 5.69 Å². The van der Waals surface area contributed by atoms with Gasteiger partial charge in [0.05, 0.1) is 41.4 Å². The SMILES string of the molecule is COCC(COC)NC(=O)c1nc(N2CC[C@@H](NC(=O)c3[nH]c(C)c(Cl)c3Cl)[C@@H](OC)C2)sc1OC(=O)O. The van der Waals surface area contributed by atoms with E-state index in [0.29, 0.717) is 30.3 Å². The molecule has 2 atom stereocenters. The average Bonchev–Trinajstić information content (AvgIpc) is 3.40. The molecule has 1 aliphatic rings. The van der Waals surface area contributed by atoms with E-state index in [2.05, 4.69) is 20.6 Å². The van der Waals surface area contributed by atoms with Gasteiger partial charge < -0.3 is 44.6 Å². The molecule has 0 radical (unpaired) electrons. The number of piperidine rings is 1. The third kappa shape index (κ3) is 7.07. The van der Waals surface area contributed by atoms with Gasteiger partial charge in [-0.15, -0.1) is 0 Å². The molecule has 1 saturated heterocycles. The zero-order valence-electron chi connectivity index (χ0n) is 21.1. The van der Waals surface area contributed by atoms with Crippen molar-refractivity contribution in [2.45, 2.75) is 31.5 Å². The third-order valence-corrected chi connectivity index (χ3v) is 7.72. The second-order valence-electron chi connectivity index (χ2n) is 8.42. The number of methoxy groups -OCH3 is 3. The predicted octanol–water partition coefficient (Wildman–Crippen LogP) is 2.56. The van der Waals surface area contributed by atoms with Crippen LogP contribution in [0.15, 0.2) is 0 Å². The van der Waals surface area contributed by atoms with Crippen LogP contribution in [0.25, 0.3) is 0 Å². The number of carboxylic acid groups (broad SMARTS) is 1. The Kier molecular flexibility index (Phi) is 10.6.